The zero-order valence-electron chi connectivity index (χ0n) is 16.3. The fraction of sp³-hybridized carbons (Fsp3) is 0.842. The van der Waals surface area contributed by atoms with Gasteiger partial charge in [-0.1, -0.05) is 26.7 Å². The van der Waals surface area contributed by atoms with Gasteiger partial charge in [-0.3, -0.25) is 14.4 Å². The lowest BCUT2D eigenvalue weighted by atomic mass is 10.0. The van der Waals surface area contributed by atoms with Gasteiger partial charge in [-0.2, -0.15) is 0 Å². The third-order valence-corrected chi connectivity index (χ3v) is 5.23. The van der Waals surface area contributed by atoms with Gasteiger partial charge in [0.15, 0.2) is 0 Å². The molecule has 6 nitrogen and oxygen atoms in total. The van der Waals surface area contributed by atoms with Crippen molar-refractivity contribution in [2.24, 2.45) is 5.92 Å². The summed E-state index contributed by atoms with van der Waals surface area (Å²) in [5.41, 5.74) is 0. The van der Waals surface area contributed by atoms with Gasteiger partial charge in [-0.25, -0.2) is 0 Å². The van der Waals surface area contributed by atoms with Crippen LogP contribution in [-0.2, 0) is 14.4 Å². The fourth-order valence-corrected chi connectivity index (χ4v) is 3.61. The molecular weight excluding hydrogens is 318 g/mol. The first-order valence-electron chi connectivity index (χ1n) is 9.71. The number of amides is 3. The number of carbonyl (C=O) groups excluding carboxylic acids is 3. The Morgan fingerprint density at radius 1 is 1.04 bits per heavy atom. The summed E-state index contributed by atoms with van der Waals surface area (Å²) in [5.74, 6) is 0.455. The second kappa shape index (κ2) is 11.1. The van der Waals surface area contributed by atoms with Crippen LogP contribution in [0.25, 0.3) is 0 Å². The highest BCUT2D eigenvalue weighted by atomic mass is 16.2. The van der Waals surface area contributed by atoms with Crippen LogP contribution < -0.4 is 10.6 Å². The molecule has 1 rings (SSSR count). The van der Waals surface area contributed by atoms with Crippen molar-refractivity contribution in [2.75, 3.05) is 13.1 Å². The second-order valence-electron chi connectivity index (χ2n) is 7.08. The number of unbranched alkanes of at least 4 members (excludes halogenated alkanes) is 1. The molecule has 1 fully saturated rings. The molecule has 0 aliphatic carbocycles. The molecule has 3 amide bonds. The molecular formula is C19H35N3O3. The van der Waals surface area contributed by atoms with Crippen LogP contribution in [0.1, 0.15) is 72.6 Å². The Labute approximate surface area is 152 Å². The predicted octanol–water partition coefficient (Wildman–Crippen LogP) is 2.22. The van der Waals surface area contributed by atoms with E-state index in [-0.39, 0.29) is 29.8 Å². The van der Waals surface area contributed by atoms with E-state index in [1.54, 1.807) is 11.8 Å². The lowest BCUT2D eigenvalue weighted by Gasteiger charge is -2.29. The van der Waals surface area contributed by atoms with E-state index in [0.717, 1.165) is 44.9 Å². The first-order valence-corrected chi connectivity index (χ1v) is 9.71. The van der Waals surface area contributed by atoms with Gasteiger partial charge >= 0.3 is 0 Å². The Morgan fingerprint density at radius 3 is 2.28 bits per heavy atom. The van der Waals surface area contributed by atoms with Crippen molar-refractivity contribution in [1.82, 2.24) is 15.5 Å². The van der Waals surface area contributed by atoms with E-state index >= 15 is 0 Å². The number of rotatable bonds is 10. The number of likely N-dealkylation sites (tertiary alicyclic amines) is 1. The lowest BCUT2D eigenvalue weighted by Crippen LogP contribution is -2.48. The van der Waals surface area contributed by atoms with Crippen LogP contribution in [0.15, 0.2) is 0 Å². The number of hydrogen-bond acceptors (Lipinski definition) is 3. The highest BCUT2D eigenvalue weighted by Gasteiger charge is 2.38. The molecule has 0 aromatic rings. The molecule has 0 bridgehead atoms. The molecule has 1 aliphatic heterocycles. The van der Waals surface area contributed by atoms with E-state index in [1.807, 2.05) is 0 Å². The molecule has 1 unspecified atom stereocenters. The van der Waals surface area contributed by atoms with Gasteiger partial charge in [-0.15, -0.1) is 0 Å². The molecule has 2 N–H and O–H groups in total. The first-order chi connectivity index (χ1) is 11.9. The normalized spacial score (nSPS) is 20.0. The summed E-state index contributed by atoms with van der Waals surface area (Å²) in [6.07, 6.45) is 6.44. The molecule has 0 radical (unpaired) electrons. The largest absolute Gasteiger partial charge is 0.356 e. The fourth-order valence-electron chi connectivity index (χ4n) is 3.61. The highest BCUT2D eigenvalue weighted by Crippen LogP contribution is 2.28. The smallest absolute Gasteiger partial charge is 0.242 e. The summed E-state index contributed by atoms with van der Waals surface area (Å²) >= 11 is 0. The maximum Gasteiger partial charge on any atom is 0.242 e. The van der Waals surface area contributed by atoms with Crippen LogP contribution in [0.4, 0.5) is 0 Å². The number of nitrogens with zero attached hydrogens (tertiary/aromatic N) is 1. The Balaban J connectivity index is 2.49. The molecule has 144 valence electrons. The molecule has 0 aromatic heterocycles. The minimum absolute atomic E-state index is 0.0113. The minimum atomic E-state index is -0.327. The molecule has 2 atom stereocenters. The van der Waals surface area contributed by atoms with E-state index in [4.69, 9.17) is 0 Å². The predicted molar refractivity (Wildman–Crippen MR) is 98.9 cm³/mol. The van der Waals surface area contributed by atoms with Crippen molar-refractivity contribution in [3.63, 3.8) is 0 Å². The molecule has 0 spiro atoms. The summed E-state index contributed by atoms with van der Waals surface area (Å²) in [7, 11) is 0. The quantitative estimate of drug-likeness (QED) is 0.591. The van der Waals surface area contributed by atoms with Gasteiger partial charge in [-0.05, 0) is 38.0 Å². The zero-order chi connectivity index (χ0) is 18.8. The van der Waals surface area contributed by atoms with Crippen molar-refractivity contribution in [3.05, 3.63) is 0 Å². The Hall–Kier alpha value is -1.59. The zero-order valence-corrected chi connectivity index (χ0v) is 16.3. The standard InChI is InChI=1S/C19H35N3O3/c1-5-16(6-2)13-21-19(25)18-11-10-17(22(18)15(4)24)9-7-8-12-20-14(3)23/h16-18H,5-13H2,1-4H3,(H,20,23)(H,21,25)/t17?,18-/m0/s1. The average molecular weight is 354 g/mol. The molecule has 6 heteroatoms. The Bertz CT molecular complexity index is 449. The maximum absolute atomic E-state index is 12.5. The van der Waals surface area contributed by atoms with Crippen molar-refractivity contribution in [1.29, 1.82) is 0 Å². The van der Waals surface area contributed by atoms with Crippen molar-refractivity contribution >= 4 is 17.7 Å². The SMILES string of the molecule is CCC(CC)CNC(=O)[C@@H]1CCC(CCCCNC(C)=O)N1C(C)=O. The van der Waals surface area contributed by atoms with Crippen LogP contribution in [0, 0.1) is 5.92 Å². The average Bonchev–Trinajstić information content (AvgIpc) is 2.99. The molecule has 1 saturated heterocycles. The summed E-state index contributed by atoms with van der Waals surface area (Å²) in [6.45, 7) is 8.69. The monoisotopic (exact) mass is 353 g/mol. The Kier molecular flexibility index (Phi) is 9.53. The van der Waals surface area contributed by atoms with Gasteiger partial charge < -0.3 is 15.5 Å². The van der Waals surface area contributed by atoms with Gasteiger partial charge in [0.2, 0.25) is 17.7 Å². The van der Waals surface area contributed by atoms with Gasteiger partial charge in [0, 0.05) is 33.0 Å². The minimum Gasteiger partial charge on any atom is -0.356 e. The van der Waals surface area contributed by atoms with E-state index in [0.29, 0.717) is 19.0 Å². The number of carbonyl (C=O) groups is 3. The Morgan fingerprint density at radius 2 is 1.72 bits per heavy atom. The molecule has 0 saturated carbocycles. The van der Waals surface area contributed by atoms with E-state index < -0.39 is 0 Å². The topological polar surface area (TPSA) is 78.5 Å². The van der Waals surface area contributed by atoms with E-state index in [2.05, 4.69) is 24.5 Å². The van der Waals surface area contributed by atoms with Crippen LogP contribution in [-0.4, -0.2) is 47.8 Å². The van der Waals surface area contributed by atoms with Crippen molar-refractivity contribution < 1.29 is 14.4 Å². The van der Waals surface area contributed by atoms with E-state index in [1.165, 1.54) is 6.92 Å². The number of hydrogen-bond donors (Lipinski definition) is 2. The second-order valence-corrected chi connectivity index (χ2v) is 7.08. The summed E-state index contributed by atoms with van der Waals surface area (Å²) in [6, 6.07) is -0.189. The van der Waals surface area contributed by atoms with Crippen molar-refractivity contribution in [2.45, 2.75) is 84.7 Å². The molecule has 1 heterocycles. The third kappa shape index (κ3) is 7.04. The highest BCUT2D eigenvalue weighted by molar-refractivity contribution is 5.87. The molecule has 25 heavy (non-hydrogen) atoms. The summed E-state index contributed by atoms with van der Waals surface area (Å²) < 4.78 is 0. The van der Waals surface area contributed by atoms with Crippen LogP contribution in [0.2, 0.25) is 0 Å². The maximum atomic E-state index is 12.5. The summed E-state index contributed by atoms with van der Waals surface area (Å²) in [5, 5.41) is 5.83. The van der Waals surface area contributed by atoms with Crippen molar-refractivity contribution in [3.8, 4) is 0 Å². The molecule has 1 aliphatic rings. The lowest BCUT2D eigenvalue weighted by molar-refractivity contribution is -0.138. The van der Waals surface area contributed by atoms with Gasteiger partial charge in [0.05, 0.1) is 0 Å². The van der Waals surface area contributed by atoms with Crippen LogP contribution >= 0.6 is 0 Å². The van der Waals surface area contributed by atoms with Crippen LogP contribution in [0.3, 0.4) is 0 Å². The van der Waals surface area contributed by atoms with E-state index in [9.17, 15) is 14.4 Å². The number of nitrogens with one attached hydrogen (secondary N) is 2. The summed E-state index contributed by atoms with van der Waals surface area (Å²) in [4.78, 5) is 37.3. The van der Waals surface area contributed by atoms with Crippen LogP contribution in [0.5, 0.6) is 0 Å². The third-order valence-electron chi connectivity index (χ3n) is 5.23. The van der Waals surface area contributed by atoms with Gasteiger partial charge in [0.25, 0.3) is 0 Å². The molecule has 0 aromatic carbocycles. The van der Waals surface area contributed by atoms with Gasteiger partial charge in [0.1, 0.15) is 6.04 Å². The first kappa shape index (κ1) is 21.5.